The second kappa shape index (κ2) is 7.35. The molecule has 0 bridgehead atoms. The van der Waals surface area contributed by atoms with Crippen LogP contribution in [0.25, 0.3) is 0 Å². The van der Waals surface area contributed by atoms with Crippen molar-refractivity contribution < 1.29 is 9.90 Å². The Balaban J connectivity index is 2.07. The van der Waals surface area contributed by atoms with Crippen LogP contribution in [0, 0.1) is 0 Å². The summed E-state index contributed by atoms with van der Waals surface area (Å²) in [5.41, 5.74) is 4.16. The summed E-state index contributed by atoms with van der Waals surface area (Å²) in [6.07, 6.45) is 1.28. The van der Waals surface area contributed by atoms with Crippen LogP contribution in [0.15, 0.2) is 41.5 Å². The van der Waals surface area contributed by atoms with Crippen molar-refractivity contribution >= 4 is 41.0 Å². The zero-order chi connectivity index (χ0) is 17.0. The molecule has 0 heterocycles. The molecule has 0 aliphatic heterocycles. The number of anilines is 1. The second-order valence-corrected chi connectivity index (χ2v) is 5.81. The minimum atomic E-state index is -0.362. The zero-order valence-corrected chi connectivity index (χ0v) is 14.1. The van der Waals surface area contributed by atoms with Gasteiger partial charge in [0.1, 0.15) is 5.75 Å². The lowest BCUT2D eigenvalue weighted by Gasteiger charge is -2.12. The molecular weight excluding hydrogens is 337 g/mol. The van der Waals surface area contributed by atoms with E-state index in [0.29, 0.717) is 16.1 Å². The molecule has 2 N–H and O–H groups in total. The highest BCUT2D eigenvalue weighted by molar-refractivity contribution is 6.36. The summed E-state index contributed by atoms with van der Waals surface area (Å²) in [4.78, 5) is 13.9. The van der Waals surface area contributed by atoms with E-state index < -0.39 is 0 Å². The monoisotopic (exact) mass is 351 g/mol. The van der Waals surface area contributed by atoms with E-state index in [4.69, 9.17) is 23.2 Å². The van der Waals surface area contributed by atoms with Crippen molar-refractivity contribution in [3.8, 4) is 5.75 Å². The number of nitrogens with zero attached hydrogens (tertiary/aromatic N) is 2. The lowest BCUT2D eigenvalue weighted by molar-refractivity contribution is 0.0955. The van der Waals surface area contributed by atoms with Crippen LogP contribution in [0.2, 0.25) is 10.0 Å². The predicted octanol–water partition coefficient (Wildman–Crippen LogP) is 3.53. The van der Waals surface area contributed by atoms with E-state index in [-0.39, 0.29) is 16.7 Å². The van der Waals surface area contributed by atoms with Crippen LogP contribution in [-0.2, 0) is 0 Å². The minimum absolute atomic E-state index is 0.115. The highest BCUT2D eigenvalue weighted by Crippen LogP contribution is 2.29. The number of rotatable bonds is 4. The summed E-state index contributed by atoms with van der Waals surface area (Å²) in [7, 11) is 3.84. The van der Waals surface area contributed by atoms with Crippen LogP contribution >= 0.6 is 23.2 Å². The third-order valence-corrected chi connectivity index (χ3v) is 3.58. The van der Waals surface area contributed by atoms with E-state index in [2.05, 4.69) is 10.5 Å². The van der Waals surface area contributed by atoms with Crippen LogP contribution in [0.3, 0.4) is 0 Å². The lowest BCUT2D eigenvalue weighted by Crippen LogP contribution is -2.18. The van der Waals surface area contributed by atoms with Crippen LogP contribution in [0.5, 0.6) is 5.75 Å². The minimum Gasteiger partial charge on any atom is -0.506 e. The fourth-order valence-corrected chi connectivity index (χ4v) is 2.33. The van der Waals surface area contributed by atoms with Crippen LogP contribution in [0.4, 0.5) is 5.69 Å². The maximum absolute atomic E-state index is 12.0. The summed E-state index contributed by atoms with van der Waals surface area (Å²) in [5.74, 6) is -0.511. The topological polar surface area (TPSA) is 64.9 Å². The maximum atomic E-state index is 12.0. The molecule has 1 amide bonds. The Morgan fingerprint density at radius 2 is 1.87 bits per heavy atom. The van der Waals surface area contributed by atoms with E-state index in [9.17, 15) is 9.90 Å². The number of hydrogen-bond acceptors (Lipinski definition) is 4. The van der Waals surface area contributed by atoms with Gasteiger partial charge in [-0.3, -0.25) is 4.79 Å². The van der Waals surface area contributed by atoms with Gasteiger partial charge in [-0.2, -0.15) is 5.10 Å². The van der Waals surface area contributed by atoms with Gasteiger partial charge in [0.25, 0.3) is 5.91 Å². The number of phenols is 1. The molecule has 0 saturated carbocycles. The van der Waals surface area contributed by atoms with Gasteiger partial charge in [-0.05, 0) is 36.4 Å². The average molecular weight is 352 g/mol. The van der Waals surface area contributed by atoms with Gasteiger partial charge < -0.3 is 10.0 Å². The number of aromatic hydroxyl groups is 1. The second-order valence-electron chi connectivity index (χ2n) is 4.97. The number of carbonyl (C=O) groups excluding carboxylic acids is 1. The molecule has 0 unspecified atom stereocenters. The Labute approximate surface area is 144 Å². The molecule has 23 heavy (non-hydrogen) atoms. The third kappa shape index (κ3) is 4.37. The molecule has 0 aromatic heterocycles. The van der Waals surface area contributed by atoms with E-state index in [1.807, 2.05) is 31.1 Å². The molecule has 0 aliphatic carbocycles. The molecule has 120 valence electrons. The van der Waals surface area contributed by atoms with Gasteiger partial charge in [-0.25, -0.2) is 5.43 Å². The fraction of sp³-hybridized carbons (Fsp3) is 0.125. The number of amides is 1. The number of phenolic OH excluding ortho intramolecular Hbond substituents is 1. The van der Waals surface area contributed by atoms with E-state index in [1.54, 1.807) is 12.1 Å². The van der Waals surface area contributed by atoms with Crippen molar-refractivity contribution in [3.05, 3.63) is 57.6 Å². The highest BCUT2D eigenvalue weighted by Gasteiger charge is 2.07. The quantitative estimate of drug-likeness (QED) is 0.654. The van der Waals surface area contributed by atoms with Crippen molar-refractivity contribution in [2.24, 2.45) is 5.10 Å². The van der Waals surface area contributed by atoms with E-state index >= 15 is 0 Å². The molecule has 2 aromatic rings. The largest absolute Gasteiger partial charge is 0.506 e. The number of halogens is 2. The van der Waals surface area contributed by atoms with Gasteiger partial charge in [0.05, 0.1) is 11.2 Å². The Bertz CT molecular complexity index is 744. The van der Waals surface area contributed by atoms with Gasteiger partial charge in [0, 0.05) is 35.9 Å². The Morgan fingerprint density at radius 1 is 1.22 bits per heavy atom. The summed E-state index contributed by atoms with van der Waals surface area (Å²) in [5, 5.41) is 14.1. The first kappa shape index (κ1) is 17.1. The Hall–Kier alpha value is -2.24. The Kier molecular flexibility index (Phi) is 5.47. The van der Waals surface area contributed by atoms with Crippen molar-refractivity contribution in [1.29, 1.82) is 0 Å². The maximum Gasteiger partial charge on any atom is 0.271 e. The van der Waals surface area contributed by atoms with Gasteiger partial charge >= 0.3 is 0 Å². The predicted molar refractivity (Wildman–Crippen MR) is 94.0 cm³/mol. The molecular formula is C16H15Cl2N3O2. The summed E-state index contributed by atoms with van der Waals surface area (Å²) >= 11 is 11.7. The van der Waals surface area contributed by atoms with E-state index in [1.165, 1.54) is 18.3 Å². The summed E-state index contributed by atoms with van der Waals surface area (Å²) < 4.78 is 0. The molecule has 2 aromatic carbocycles. The normalized spacial score (nSPS) is 10.8. The van der Waals surface area contributed by atoms with Crippen molar-refractivity contribution in [1.82, 2.24) is 5.43 Å². The summed E-state index contributed by atoms with van der Waals surface area (Å²) in [6, 6.07) is 9.98. The molecule has 7 heteroatoms. The van der Waals surface area contributed by atoms with Gasteiger partial charge in [0.2, 0.25) is 0 Å². The molecule has 2 rings (SSSR count). The highest BCUT2D eigenvalue weighted by atomic mass is 35.5. The van der Waals surface area contributed by atoms with Crippen molar-refractivity contribution in [2.45, 2.75) is 0 Å². The smallest absolute Gasteiger partial charge is 0.271 e. The first-order valence-corrected chi connectivity index (χ1v) is 7.43. The number of hydrogen-bond donors (Lipinski definition) is 2. The van der Waals surface area contributed by atoms with Gasteiger partial charge in [-0.15, -0.1) is 0 Å². The summed E-state index contributed by atoms with van der Waals surface area (Å²) in [6.45, 7) is 0. The third-order valence-electron chi connectivity index (χ3n) is 3.07. The fourth-order valence-electron chi connectivity index (χ4n) is 1.82. The zero-order valence-electron chi connectivity index (χ0n) is 12.5. The van der Waals surface area contributed by atoms with Crippen LogP contribution in [0.1, 0.15) is 15.9 Å². The molecule has 0 saturated heterocycles. The molecule has 0 spiro atoms. The number of benzene rings is 2. The lowest BCUT2D eigenvalue weighted by atomic mass is 10.2. The SMILES string of the molecule is CN(C)c1ccc(C(=O)N/N=C\c2cc(Cl)cc(Cl)c2O)cc1. The number of carbonyl (C=O) groups is 1. The standard InChI is InChI=1S/C16H15Cl2N3O2/c1-21(2)13-5-3-10(4-6-13)16(23)20-19-9-11-7-12(17)8-14(18)15(11)22/h3-9,22H,1-2H3,(H,20,23)/b19-9-. The molecule has 0 atom stereocenters. The average Bonchev–Trinajstić information content (AvgIpc) is 2.51. The first-order chi connectivity index (χ1) is 10.9. The van der Waals surface area contributed by atoms with Crippen molar-refractivity contribution in [2.75, 3.05) is 19.0 Å². The van der Waals surface area contributed by atoms with Crippen LogP contribution < -0.4 is 10.3 Å². The van der Waals surface area contributed by atoms with Crippen molar-refractivity contribution in [3.63, 3.8) is 0 Å². The molecule has 0 fully saturated rings. The molecule has 0 radical (unpaired) electrons. The number of hydrazone groups is 1. The van der Waals surface area contributed by atoms with Gasteiger partial charge in [0.15, 0.2) is 0 Å². The first-order valence-electron chi connectivity index (χ1n) is 6.67. The van der Waals surface area contributed by atoms with Gasteiger partial charge in [-0.1, -0.05) is 23.2 Å². The Morgan fingerprint density at radius 3 is 2.48 bits per heavy atom. The number of nitrogens with one attached hydrogen (secondary N) is 1. The molecule has 0 aliphatic rings. The van der Waals surface area contributed by atoms with E-state index in [0.717, 1.165) is 5.69 Å². The molecule has 5 nitrogen and oxygen atoms in total. The van der Waals surface area contributed by atoms with Crippen LogP contribution in [-0.4, -0.2) is 31.3 Å².